The largest absolute Gasteiger partial charge is 0.371 e. The Morgan fingerprint density at radius 2 is 1.81 bits per heavy atom. The van der Waals surface area contributed by atoms with Crippen LogP contribution in [0.15, 0.2) is 61.2 Å². The zero-order valence-electron chi connectivity index (χ0n) is 15.1. The Hall–Kier alpha value is -3.21. The Kier molecular flexibility index (Phi) is 5.10. The number of carbonyl (C=O) groups is 1. The number of nitrogens with zero attached hydrogens (tertiary/aromatic N) is 3. The van der Waals surface area contributed by atoms with Gasteiger partial charge >= 0.3 is 0 Å². The van der Waals surface area contributed by atoms with Crippen LogP contribution in [0.4, 0.5) is 11.4 Å². The van der Waals surface area contributed by atoms with Crippen molar-refractivity contribution < 1.29 is 4.79 Å². The number of piperidine rings is 1. The predicted octanol–water partition coefficient (Wildman–Crippen LogP) is 4.27. The lowest BCUT2D eigenvalue weighted by atomic mass is 10.1. The van der Waals surface area contributed by atoms with Gasteiger partial charge in [0, 0.05) is 60.4 Å². The minimum absolute atomic E-state index is 0.172. The van der Waals surface area contributed by atoms with Gasteiger partial charge in [-0.05, 0) is 55.2 Å². The Labute approximate surface area is 158 Å². The summed E-state index contributed by atoms with van der Waals surface area (Å²) in [5, 5.41) is 5.07. The Morgan fingerprint density at radius 1 is 0.963 bits per heavy atom. The molecule has 0 radical (unpaired) electrons. The highest BCUT2D eigenvalue weighted by molar-refractivity contribution is 6.09. The molecule has 0 spiro atoms. The number of nitrogens with one attached hydrogen (secondary N) is 1. The first kappa shape index (κ1) is 17.2. The van der Waals surface area contributed by atoms with Gasteiger partial charge < -0.3 is 10.2 Å². The highest BCUT2D eigenvalue weighted by Crippen LogP contribution is 2.33. The van der Waals surface area contributed by atoms with Crippen LogP contribution in [0.3, 0.4) is 0 Å². The van der Waals surface area contributed by atoms with Gasteiger partial charge in [0.1, 0.15) is 0 Å². The normalized spacial score (nSPS) is 14.6. The smallest absolute Gasteiger partial charge is 0.248 e. The first-order valence-electron chi connectivity index (χ1n) is 9.32. The molecule has 0 aliphatic carbocycles. The summed E-state index contributed by atoms with van der Waals surface area (Å²) in [4.78, 5) is 23.1. The van der Waals surface area contributed by atoms with Crippen molar-refractivity contribution >= 4 is 34.1 Å². The molecular weight excluding hydrogens is 336 g/mol. The van der Waals surface area contributed by atoms with E-state index < -0.39 is 0 Å². The lowest BCUT2D eigenvalue weighted by Crippen LogP contribution is -2.29. The molecule has 3 heterocycles. The van der Waals surface area contributed by atoms with E-state index in [1.165, 1.54) is 31.0 Å². The zero-order valence-corrected chi connectivity index (χ0v) is 15.1. The van der Waals surface area contributed by atoms with Gasteiger partial charge in [-0.1, -0.05) is 6.07 Å². The SMILES string of the molecule is O=C(/C=C/c1cccnc1)Nc1ccc(N2CCCCC2)c2ccncc12. The number of rotatable bonds is 4. The van der Waals surface area contributed by atoms with Crippen molar-refractivity contribution in [3.63, 3.8) is 0 Å². The molecule has 5 heteroatoms. The van der Waals surface area contributed by atoms with Crippen LogP contribution >= 0.6 is 0 Å². The summed E-state index contributed by atoms with van der Waals surface area (Å²) in [5.41, 5.74) is 2.88. The standard InChI is InChI=1S/C22H22N4O/c27-22(9-6-17-5-4-11-23-15-17)25-20-7-8-21(26-13-2-1-3-14-26)18-10-12-24-16-19(18)20/h4-12,15-16H,1-3,13-14H2,(H,25,27)/b9-6+. The molecule has 1 aliphatic heterocycles. The minimum Gasteiger partial charge on any atom is -0.371 e. The van der Waals surface area contributed by atoms with E-state index in [2.05, 4.69) is 26.3 Å². The molecule has 1 aliphatic rings. The first-order chi connectivity index (χ1) is 13.3. The quantitative estimate of drug-likeness (QED) is 0.708. The summed E-state index contributed by atoms with van der Waals surface area (Å²) < 4.78 is 0. The molecule has 2 aromatic heterocycles. The molecule has 0 bridgehead atoms. The molecule has 1 fully saturated rings. The van der Waals surface area contributed by atoms with Crippen LogP contribution in [0.5, 0.6) is 0 Å². The van der Waals surface area contributed by atoms with Crippen molar-refractivity contribution in [2.75, 3.05) is 23.3 Å². The van der Waals surface area contributed by atoms with Crippen LogP contribution < -0.4 is 10.2 Å². The number of carbonyl (C=O) groups excluding carboxylic acids is 1. The van der Waals surface area contributed by atoms with Crippen LogP contribution in [-0.4, -0.2) is 29.0 Å². The molecule has 27 heavy (non-hydrogen) atoms. The number of aromatic nitrogens is 2. The number of hydrogen-bond donors (Lipinski definition) is 1. The van der Waals surface area contributed by atoms with Crippen LogP contribution in [0.1, 0.15) is 24.8 Å². The number of pyridine rings is 2. The summed E-state index contributed by atoms with van der Waals surface area (Å²) in [5.74, 6) is -0.172. The van der Waals surface area contributed by atoms with Gasteiger partial charge in [0.15, 0.2) is 0 Å². The molecule has 4 rings (SSSR count). The fraction of sp³-hybridized carbons (Fsp3) is 0.227. The van der Waals surface area contributed by atoms with Gasteiger partial charge in [-0.2, -0.15) is 0 Å². The predicted molar refractivity (Wildman–Crippen MR) is 110 cm³/mol. The second kappa shape index (κ2) is 7.99. The Morgan fingerprint density at radius 3 is 2.63 bits per heavy atom. The number of benzene rings is 1. The lowest BCUT2D eigenvalue weighted by molar-refractivity contribution is -0.111. The molecule has 1 aromatic carbocycles. The average molecular weight is 358 g/mol. The van der Waals surface area contributed by atoms with Crippen LogP contribution in [-0.2, 0) is 4.79 Å². The van der Waals surface area contributed by atoms with Gasteiger partial charge in [0.05, 0.1) is 5.69 Å². The Bertz CT molecular complexity index is 962. The summed E-state index contributed by atoms with van der Waals surface area (Å²) in [6.45, 7) is 2.16. The monoisotopic (exact) mass is 358 g/mol. The van der Waals surface area contributed by atoms with E-state index in [9.17, 15) is 4.79 Å². The maximum atomic E-state index is 12.4. The number of anilines is 2. The van der Waals surface area contributed by atoms with Gasteiger partial charge in [-0.15, -0.1) is 0 Å². The van der Waals surface area contributed by atoms with Crippen LogP contribution in [0.2, 0.25) is 0 Å². The van der Waals surface area contributed by atoms with Crippen LogP contribution in [0, 0.1) is 0 Å². The van der Waals surface area contributed by atoms with E-state index in [0.29, 0.717) is 0 Å². The van der Waals surface area contributed by atoms with E-state index in [1.807, 2.05) is 36.7 Å². The van der Waals surface area contributed by atoms with E-state index in [1.54, 1.807) is 18.5 Å². The van der Waals surface area contributed by atoms with Crippen molar-refractivity contribution in [1.29, 1.82) is 0 Å². The lowest BCUT2D eigenvalue weighted by Gasteiger charge is -2.30. The molecule has 3 aromatic rings. The van der Waals surface area contributed by atoms with Crippen molar-refractivity contribution in [2.45, 2.75) is 19.3 Å². The molecule has 5 nitrogen and oxygen atoms in total. The maximum absolute atomic E-state index is 12.4. The second-order valence-electron chi connectivity index (χ2n) is 6.71. The highest BCUT2D eigenvalue weighted by atomic mass is 16.1. The molecular formula is C22H22N4O. The number of amides is 1. The van der Waals surface area contributed by atoms with Crippen molar-refractivity contribution in [2.24, 2.45) is 0 Å². The third-order valence-corrected chi connectivity index (χ3v) is 4.86. The minimum atomic E-state index is -0.172. The van der Waals surface area contributed by atoms with Gasteiger partial charge in [0.2, 0.25) is 5.91 Å². The van der Waals surface area contributed by atoms with E-state index in [0.717, 1.165) is 35.1 Å². The van der Waals surface area contributed by atoms with E-state index >= 15 is 0 Å². The summed E-state index contributed by atoms with van der Waals surface area (Å²) in [6.07, 6.45) is 14.1. The molecule has 0 atom stereocenters. The average Bonchev–Trinajstić information content (AvgIpc) is 2.74. The highest BCUT2D eigenvalue weighted by Gasteiger charge is 2.15. The molecule has 136 valence electrons. The van der Waals surface area contributed by atoms with Gasteiger partial charge in [0.25, 0.3) is 0 Å². The molecule has 0 saturated carbocycles. The van der Waals surface area contributed by atoms with E-state index in [-0.39, 0.29) is 5.91 Å². The fourth-order valence-corrected chi connectivity index (χ4v) is 3.51. The Balaban J connectivity index is 1.59. The maximum Gasteiger partial charge on any atom is 0.248 e. The van der Waals surface area contributed by atoms with Gasteiger partial charge in [-0.25, -0.2) is 0 Å². The second-order valence-corrected chi connectivity index (χ2v) is 6.71. The summed E-state index contributed by atoms with van der Waals surface area (Å²) >= 11 is 0. The number of fused-ring (bicyclic) bond motifs is 1. The fourth-order valence-electron chi connectivity index (χ4n) is 3.51. The zero-order chi connectivity index (χ0) is 18.5. The van der Waals surface area contributed by atoms with E-state index in [4.69, 9.17) is 0 Å². The van der Waals surface area contributed by atoms with Crippen LogP contribution in [0.25, 0.3) is 16.8 Å². The van der Waals surface area contributed by atoms with Crippen molar-refractivity contribution in [3.05, 3.63) is 66.8 Å². The summed E-state index contributed by atoms with van der Waals surface area (Å²) in [7, 11) is 0. The molecule has 1 saturated heterocycles. The summed E-state index contributed by atoms with van der Waals surface area (Å²) in [6, 6.07) is 9.86. The molecule has 0 unspecified atom stereocenters. The van der Waals surface area contributed by atoms with Crippen molar-refractivity contribution in [3.8, 4) is 0 Å². The number of hydrogen-bond acceptors (Lipinski definition) is 4. The van der Waals surface area contributed by atoms with Crippen molar-refractivity contribution in [1.82, 2.24) is 9.97 Å². The topological polar surface area (TPSA) is 58.1 Å². The first-order valence-corrected chi connectivity index (χ1v) is 9.32. The molecule has 1 amide bonds. The molecule has 1 N–H and O–H groups in total. The third kappa shape index (κ3) is 3.97. The third-order valence-electron chi connectivity index (χ3n) is 4.86. The van der Waals surface area contributed by atoms with Gasteiger partial charge in [-0.3, -0.25) is 14.8 Å².